The van der Waals surface area contributed by atoms with E-state index >= 15 is 0 Å². The molecule has 0 aliphatic heterocycles. The molecule has 0 spiro atoms. The molecule has 4 rings (SSSR count). The Labute approximate surface area is 237 Å². The third-order valence-electron chi connectivity index (χ3n) is 11.6. The average Bonchev–Trinajstić information content (AvgIpc) is 3.28. The lowest BCUT2D eigenvalue weighted by Crippen LogP contribution is -2.56. The third kappa shape index (κ3) is 8.13. The van der Waals surface area contributed by atoms with Crippen LogP contribution in [0, 0.1) is 45.8 Å². The van der Waals surface area contributed by atoms with Crippen molar-refractivity contribution in [2.75, 3.05) is 0 Å². The Bertz CT molecular complexity index is 601. The first-order chi connectivity index (χ1) is 17.6. The van der Waals surface area contributed by atoms with Crippen molar-refractivity contribution in [3.05, 3.63) is 12.2 Å². The molecule has 8 atom stereocenters. The number of fused-ring (bicyclic) bond motifs is 5. The molecular weight excluding hydrogens is 444 g/mol. The molecule has 222 valence electrons. The summed E-state index contributed by atoms with van der Waals surface area (Å²) in [5.74, 6) is 4.94. The van der Waals surface area contributed by atoms with Crippen molar-refractivity contribution >= 4 is 0 Å². The Morgan fingerprint density at radius 3 is 1.86 bits per heavy atom. The van der Waals surface area contributed by atoms with E-state index in [1.165, 1.54) is 89.0 Å². The zero-order valence-electron chi connectivity index (χ0n) is 28.5. The summed E-state index contributed by atoms with van der Waals surface area (Å²) in [6, 6.07) is 0. The monoisotopic (exact) mass is 519 g/mol. The highest BCUT2D eigenvalue weighted by molar-refractivity contribution is 5.12. The highest BCUT2D eigenvalue weighted by Gasteiger charge is 2.62. The molecule has 0 nitrogen and oxygen atoms in total. The van der Waals surface area contributed by atoms with Crippen molar-refractivity contribution in [2.45, 2.75) is 180 Å². The summed E-state index contributed by atoms with van der Waals surface area (Å²) < 4.78 is 0. The summed E-state index contributed by atoms with van der Waals surface area (Å²) in [7, 11) is 0. The summed E-state index contributed by atoms with van der Waals surface area (Å²) in [5.41, 5.74) is 3.29. The van der Waals surface area contributed by atoms with Gasteiger partial charge in [-0.3, -0.25) is 0 Å². The van der Waals surface area contributed by atoms with E-state index in [4.69, 9.17) is 0 Å². The highest BCUT2D eigenvalue weighted by Crippen LogP contribution is 2.71. The summed E-state index contributed by atoms with van der Waals surface area (Å²) >= 11 is 0. The van der Waals surface area contributed by atoms with Gasteiger partial charge in [-0.15, -0.1) is 6.58 Å². The van der Waals surface area contributed by atoms with Gasteiger partial charge in [-0.2, -0.15) is 0 Å². The molecule has 0 aromatic rings. The molecule has 0 aromatic heterocycles. The van der Waals surface area contributed by atoms with E-state index in [1.54, 1.807) is 6.42 Å². The molecule has 0 N–H and O–H groups in total. The van der Waals surface area contributed by atoms with Crippen molar-refractivity contribution in [3.8, 4) is 0 Å². The van der Waals surface area contributed by atoms with Crippen molar-refractivity contribution in [2.24, 2.45) is 45.8 Å². The van der Waals surface area contributed by atoms with Crippen molar-refractivity contribution in [3.63, 3.8) is 0 Å². The lowest BCUT2D eigenvalue weighted by molar-refractivity contribution is -0.154. The molecule has 0 heterocycles. The van der Waals surface area contributed by atoms with Gasteiger partial charge in [-0.25, -0.2) is 0 Å². The maximum Gasteiger partial charge on any atom is -0.0241 e. The fraction of sp³-hybridized carbons (Fsp3) is 0.946. The molecule has 4 fully saturated rings. The number of hydrogen-bond donors (Lipinski definition) is 0. The topological polar surface area (TPSA) is 0 Å². The van der Waals surface area contributed by atoms with Gasteiger partial charge >= 0.3 is 0 Å². The van der Waals surface area contributed by atoms with Crippen LogP contribution in [-0.2, 0) is 0 Å². The van der Waals surface area contributed by atoms with Crippen LogP contribution in [0.25, 0.3) is 0 Å². The lowest BCUT2D eigenvalue weighted by Gasteiger charge is -2.65. The fourth-order valence-electron chi connectivity index (χ4n) is 9.26. The normalized spacial score (nSPS) is 38.1. The molecule has 0 bridgehead atoms. The second-order valence-corrected chi connectivity index (χ2v) is 13.3. The minimum Gasteiger partial charge on any atom is -0.100 e. The van der Waals surface area contributed by atoms with Crippen LogP contribution in [0.2, 0.25) is 0 Å². The predicted molar refractivity (Wildman–Crippen MR) is 172 cm³/mol. The summed E-state index contributed by atoms with van der Waals surface area (Å²) in [4.78, 5) is 0. The Morgan fingerprint density at radius 2 is 1.32 bits per heavy atom. The largest absolute Gasteiger partial charge is 0.100 e. The van der Waals surface area contributed by atoms with E-state index in [0.29, 0.717) is 16.2 Å². The highest BCUT2D eigenvalue weighted by atomic mass is 14.7. The zero-order valence-corrected chi connectivity index (χ0v) is 28.5. The molecule has 4 aliphatic carbocycles. The van der Waals surface area contributed by atoms with E-state index in [1.807, 2.05) is 41.5 Å². The third-order valence-corrected chi connectivity index (χ3v) is 11.6. The van der Waals surface area contributed by atoms with Crippen LogP contribution in [0.3, 0.4) is 0 Å². The van der Waals surface area contributed by atoms with Crippen LogP contribution in [-0.4, -0.2) is 0 Å². The molecule has 0 radical (unpaired) electrons. The molecule has 4 saturated carbocycles. The minimum atomic E-state index is 0.633. The van der Waals surface area contributed by atoms with E-state index < -0.39 is 0 Å². The van der Waals surface area contributed by atoms with Crippen LogP contribution < -0.4 is 0 Å². The maximum absolute atomic E-state index is 4.16. The van der Waals surface area contributed by atoms with Gasteiger partial charge < -0.3 is 0 Å². The summed E-state index contributed by atoms with van der Waals surface area (Å²) in [6.07, 6.45) is 20.4. The molecule has 0 amide bonds. The molecule has 4 aliphatic rings. The smallest absolute Gasteiger partial charge is 0.0241 e. The van der Waals surface area contributed by atoms with Gasteiger partial charge in [0.15, 0.2) is 0 Å². The minimum absolute atomic E-state index is 0.633. The number of unbranched alkanes of at least 4 members (excludes halogenated alkanes) is 1. The van der Waals surface area contributed by atoms with Gasteiger partial charge in [0.25, 0.3) is 0 Å². The van der Waals surface area contributed by atoms with Crippen molar-refractivity contribution in [1.29, 1.82) is 0 Å². The first-order valence-electron chi connectivity index (χ1n) is 17.3. The van der Waals surface area contributed by atoms with Gasteiger partial charge in [0.1, 0.15) is 0 Å². The van der Waals surface area contributed by atoms with Crippen LogP contribution in [0.15, 0.2) is 12.2 Å². The molecule has 37 heavy (non-hydrogen) atoms. The van der Waals surface area contributed by atoms with E-state index in [-0.39, 0.29) is 0 Å². The Balaban J connectivity index is 0.00000114. The van der Waals surface area contributed by atoms with Crippen molar-refractivity contribution in [1.82, 2.24) is 0 Å². The molecule has 0 saturated heterocycles. The predicted octanol–water partition coefficient (Wildman–Crippen LogP) is 13.3. The van der Waals surface area contributed by atoms with Gasteiger partial charge in [0.2, 0.25) is 0 Å². The summed E-state index contributed by atoms with van der Waals surface area (Å²) in [5, 5.41) is 0. The number of rotatable bonds is 5. The standard InChI is InChI=1S/C27H46.C4H10.3C2H6/c1-19(2)9-10-20(3)22-11-12-23-21-13-17-25(4)15-7-8-16-27(25,6)24(21)14-18-26(22,23)5;1-3-4-2;3*1-2/h20-24H,1,7-18H2,2-6H3;3-4H2,1-2H3;3*1-2H3. The zero-order chi connectivity index (χ0) is 28.9. The van der Waals surface area contributed by atoms with Crippen LogP contribution in [0.1, 0.15) is 180 Å². The number of allylic oxidation sites excluding steroid dienone is 1. The molecule has 0 heteroatoms. The van der Waals surface area contributed by atoms with Crippen LogP contribution >= 0.6 is 0 Å². The Kier molecular flexibility index (Phi) is 17.3. The van der Waals surface area contributed by atoms with Crippen molar-refractivity contribution < 1.29 is 0 Å². The first kappa shape index (κ1) is 36.7. The lowest BCUT2D eigenvalue weighted by atomic mass is 9.40. The van der Waals surface area contributed by atoms with E-state index in [0.717, 1.165) is 29.6 Å². The van der Waals surface area contributed by atoms with Gasteiger partial charge in [-0.05, 0) is 117 Å². The van der Waals surface area contributed by atoms with Gasteiger partial charge in [-0.1, -0.05) is 114 Å². The number of hydrogen-bond acceptors (Lipinski definition) is 0. The van der Waals surface area contributed by atoms with Crippen LogP contribution in [0.4, 0.5) is 0 Å². The quantitative estimate of drug-likeness (QED) is 0.317. The fourth-order valence-corrected chi connectivity index (χ4v) is 9.26. The second kappa shape index (κ2) is 17.4. The van der Waals surface area contributed by atoms with E-state index in [9.17, 15) is 0 Å². The van der Waals surface area contributed by atoms with Crippen LogP contribution in [0.5, 0.6) is 0 Å². The Morgan fingerprint density at radius 1 is 0.757 bits per heavy atom. The molecular formula is C37H74. The van der Waals surface area contributed by atoms with Gasteiger partial charge in [0, 0.05) is 0 Å². The first-order valence-corrected chi connectivity index (χ1v) is 17.3. The Hall–Kier alpha value is -0.260. The SMILES string of the molecule is C=C(C)CCC(C)C1CCC2C3CCC4(C)CCCCC4(C)C3CCC12C.CC.CC.CC.CCCC. The second-order valence-electron chi connectivity index (χ2n) is 13.3. The van der Waals surface area contributed by atoms with E-state index in [2.05, 4.69) is 55.0 Å². The molecule has 8 unspecified atom stereocenters. The average molecular weight is 519 g/mol. The molecule has 0 aromatic carbocycles. The summed E-state index contributed by atoms with van der Waals surface area (Å²) in [6.45, 7) is 33.4. The van der Waals surface area contributed by atoms with Gasteiger partial charge in [0.05, 0.1) is 0 Å². The maximum atomic E-state index is 4.16.